The van der Waals surface area contributed by atoms with Crippen LogP contribution in [-0.4, -0.2) is 18.7 Å². The molecule has 2 rings (SSSR count). The van der Waals surface area contributed by atoms with E-state index in [2.05, 4.69) is 13.0 Å². The second kappa shape index (κ2) is 8.73. The summed E-state index contributed by atoms with van der Waals surface area (Å²) < 4.78 is 11.0. The fourth-order valence-electron chi connectivity index (χ4n) is 3.27. The van der Waals surface area contributed by atoms with Crippen molar-refractivity contribution in [3.05, 3.63) is 29.8 Å². The van der Waals surface area contributed by atoms with Gasteiger partial charge in [-0.3, -0.25) is 0 Å². The van der Waals surface area contributed by atoms with E-state index in [1.807, 2.05) is 6.92 Å². The number of carbonyl (C=O) groups is 1. The molecule has 0 N–H and O–H groups in total. The minimum atomic E-state index is -0.291. The van der Waals surface area contributed by atoms with Crippen LogP contribution in [0.15, 0.2) is 24.3 Å². The Hall–Kier alpha value is -2.02. The van der Waals surface area contributed by atoms with Crippen molar-refractivity contribution in [1.29, 1.82) is 5.26 Å². The van der Waals surface area contributed by atoms with Crippen molar-refractivity contribution in [3.63, 3.8) is 0 Å². The third-order valence-corrected chi connectivity index (χ3v) is 4.81. The van der Waals surface area contributed by atoms with Crippen LogP contribution in [0.4, 0.5) is 0 Å². The van der Waals surface area contributed by atoms with Gasteiger partial charge in [-0.15, -0.1) is 0 Å². The fraction of sp³-hybridized carbons (Fsp3) is 0.600. The van der Waals surface area contributed by atoms with Crippen molar-refractivity contribution in [2.24, 2.45) is 5.41 Å². The average molecular weight is 329 g/mol. The number of hydrogen-bond donors (Lipinski definition) is 0. The number of benzene rings is 1. The van der Waals surface area contributed by atoms with Gasteiger partial charge in [0, 0.05) is 0 Å². The molecule has 1 aliphatic rings. The van der Waals surface area contributed by atoms with Crippen LogP contribution in [-0.2, 0) is 4.74 Å². The number of nitrogens with zero attached hydrogens (tertiary/aromatic N) is 1. The van der Waals surface area contributed by atoms with Crippen molar-refractivity contribution < 1.29 is 14.3 Å². The predicted molar refractivity (Wildman–Crippen MR) is 92.9 cm³/mol. The molecule has 0 unspecified atom stereocenters. The molecule has 0 saturated heterocycles. The largest absolute Gasteiger partial charge is 0.494 e. The highest BCUT2D eigenvalue weighted by molar-refractivity contribution is 5.89. The normalized spacial score (nSPS) is 23.3. The molecule has 0 aliphatic heterocycles. The van der Waals surface area contributed by atoms with Gasteiger partial charge in [-0.25, -0.2) is 4.79 Å². The molecular formula is C20H27NO3. The summed E-state index contributed by atoms with van der Waals surface area (Å²) in [5, 5.41) is 9.51. The lowest BCUT2D eigenvalue weighted by Gasteiger charge is -2.34. The van der Waals surface area contributed by atoms with Gasteiger partial charge in [-0.1, -0.05) is 19.8 Å². The predicted octanol–water partition coefficient (Wildman–Crippen LogP) is 4.88. The van der Waals surface area contributed by atoms with Crippen molar-refractivity contribution in [2.45, 2.75) is 64.9 Å². The molecule has 1 aromatic carbocycles. The number of ether oxygens (including phenoxy) is 2. The molecule has 0 spiro atoms. The molecule has 1 aliphatic carbocycles. The van der Waals surface area contributed by atoms with Gasteiger partial charge in [0.1, 0.15) is 11.9 Å². The van der Waals surface area contributed by atoms with E-state index in [1.54, 1.807) is 24.3 Å². The van der Waals surface area contributed by atoms with E-state index in [9.17, 15) is 10.1 Å². The standard InChI is InChI=1S/C20H27NO3/c1-3-5-12-20(15-21)13-10-18(11-14-20)24-19(22)16-6-8-17(9-7-16)23-4-2/h6-9,18H,3-5,10-14H2,1-2H3/t18-,20-. The van der Waals surface area contributed by atoms with Crippen LogP contribution in [0.5, 0.6) is 5.75 Å². The van der Waals surface area contributed by atoms with Gasteiger partial charge in [-0.05, 0) is 63.3 Å². The monoisotopic (exact) mass is 329 g/mol. The maximum atomic E-state index is 12.3. The molecule has 0 atom stereocenters. The Balaban J connectivity index is 1.86. The van der Waals surface area contributed by atoms with Crippen LogP contribution in [0, 0.1) is 16.7 Å². The van der Waals surface area contributed by atoms with E-state index in [0.29, 0.717) is 12.2 Å². The zero-order valence-electron chi connectivity index (χ0n) is 14.7. The zero-order chi connectivity index (χ0) is 17.4. The Morgan fingerprint density at radius 3 is 2.46 bits per heavy atom. The summed E-state index contributed by atoms with van der Waals surface area (Å²) in [5.74, 6) is 0.461. The lowest BCUT2D eigenvalue weighted by atomic mass is 9.71. The number of nitriles is 1. The molecule has 0 radical (unpaired) electrons. The maximum Gasteiger partial charge on any atom is 0.338 e. The van der Waals surface area contributed by atoms with Crippen molar-refractivity contribution in [3.8, 4) is 11.8 Å². The Morgan fingerprint density at radius 1 is 1.25 bits per heavy atom. The first-order valence-electron chi connectivity index (χ1n) is 8.97. The molecule has 1 fully saturated rings. The molecule has 24 heavy (non-hydrogen) atoms. The van der Waals surface area contributed by atoms with Gasteiger partial charge < -0.3 is 9.47 Å². The summed E-state index contributed by atoms with van der Waals surface area (Å²) >= 11 is 0. The second-order valence-corrected chi connectivity index (χ2v) is 6.56. The summed E-state index contributed by atoms with van der Waals surface area (Å²) in [7, 11) is 0. The summed E-state index contributed by atoms with van der Waals surface area (Å²) in [6.45, 7) is 4.67. The number of esters is 1. The van der Waals surface area contributed by atoms with Crippen LogP contribution >= 0.6 is 0 Å². The van der Waals surface area contributed by atoms with Gasteiger partial charge in [0.25, 0.3) is 0 Å². The topological polar surface area (TPSA) is 59.3 Å². The van der Waals surface area contributed by atoms with Crippen LogP contribution in [0.2, 0.25) is 0 Å². The third kappa shape index (κ3) is 4.74. The summed E-state index contributed by atoms with van der Waals surface area (Å²) in [6.07, 6.45) is 6.28. The number of rotatable bonds is 7. The van der Waals surface area contributed by atoms with Gasteiger partial charge in [0.15, 0.2) is 0 Å². The SMILES string of the molecule is CCCC[C@]1(C#N)CC[C@H](OC(=O)c2ccc(OCC)cc2)CC1. The molecule has 1 aromatic rings. The minimum absolute atomic E-state index is 0.0767. The Morgan fingerprint density at radius 2 is 1.92 bits per heavy atom. The molecule has 0 bridgehead atoms. The third-order valence-electron chi connectivity index (χ3n) is 4.81. The molecule has 130 valence electrons. The molecule has 0 heterocycles. The molecule has 1 saturated carbocycles. The number of carbonyl (C=O) groups excluding carboxylic acids is 1. The number of unbranched alkanes of at least 4 members (excludes halogenated alkanes) is 1. The summed E-state index contributed by atoms with van der Waals surface area (Å²) in [4.78, 5) is 12.3. The first-order chi connectivity index (χ1) is 11.6. The van der Waals surface area contributed by atoms with Gasteiger partial charge in [0.05, 0.1) is 23.7 Å². The molecular weight excluding hydrogens is 302 g/mol. The van der Waals surface area contributed by atoms with E-state index in [-0.39, 0.29) is 17.5 Å². The molecule has 4 nitrogen and oxygen atoms in total. The minimum Gasteiger partial charge on any atom is -0.494 e. The summed E-state index contributed by atoms with van der Waals surface area (Å²) in [5.41, 5.74) is 0.333. The van der Waals surface area contributed by atoms with E-state index >= 15 is 0 Å². The Kier molecular flexibility index (Phi) is 6.66. The lowest BCUT2D eigenvalue weighted by Crippen LogP contribution is -2.31. The highest BCUT2D eigenvalue weighted by atomic mass is 16.5. The zero-order valence-corrected chi connectivity index (χ0v) is 14.7. The van der Waals surface area contributed by atoms with Crippen LogP contribution in [0.3, 0.4) is 0 Å². The van der Waals surface area contributed by atoms with E-state index in [1.165, 1.54) is 0 Å². The van der Waals surface area contributed by atoms with E-state index in [4.69, 9.17) is 9.47 Å². The Bertz CT molecular complexity index is 566. The lowest BCUT2D eigenvalue weighted by molar-refractivity contribution is 0.0105. The Labute approximate surface area is 144 Å². The van der Waals surface area contributed by atoms with Crippen molar-refractivity contribution >= 4 is 5.97 Å². The van der Waals surface area contributed by atoms with Crippen LogP contribution in [0.25, 0.3) is 0 Å². The average Bonchev–Trinajstić information content (AvgIpc) is 2.62. The van der Waals surface area contributed by atoms with Crippen molar-refractivity contribution in [2.75, 3.05) is 6.61 Å². The first-order valence-corrected chi connectivity index (χ1v) is 8.97. The first kappa shape index (κ1) is 18.3. The van der Waals surface area contributed by atoms with Crippen LogP contribution in [0.1, 0.15) is 69.2 Å². The highest BCUT2D eigenvalue weighted by Crippen LogP contribution is 2.41. The van der Waals surface area contributed by atoms with Gasteiger partial charge >= 0.3 is 5.97 Å². The molecule has 4 heteroatoms. The second-order valence-electron chi connectivity index (χ2n) is 6.56. The molecule has 0 amide bonds. The highest BCUT2D eigenvalue weighted by Gasteiger charge is 2.36. The molecule has 0 aromatic heterocycles. The quantitative estimate of drug-likeness (QED) is 0.669. The van der Waals surface area contributed by atoms with Gasteiger partial charge in [0.2, 0.25) is 0 Å². The smallest absolute Gasteiger partial charge is 0.338 e. The van der Waals surface area contributed by atoms with E-state index < -0.39 is 0 Å². The van der Waals surface area contributed by atoms with E-state index in [0.717, 1.165) is 50.7 Å². The number of hydrogen-bond acceptors (Lipinski definition) is 4. The fourth-order valence-corrected chi connectivity index (χ4v) is 3.27. The summed E-state index contributed by atoms with van der Waals surface area (Å²) in [6, 6.07) is 9.56. The maximum absolute atomic E-state index is 12.3. The van der Waals surface area contributed by atoms with Crippen LogP contribution < -0.4 is 4.74 Å². The van der Waals surface area contributed by atoms with Crippen molar-refractivity contribution in [1.82, 2.24) is 0 Å². The van der Waals surface area contributed by atoms with Gasteiger partial charge in [-0.2, -0.15) is 5.26 Å².